The molecule has 0 atom stereocenters. The van der Waals surface area contributed by atoms with Crippen molar-refractivity contribution in [3.8, 4) is 0 Å². The Balaban J connectivity index is 2.16. The molecule has 0 saturated heterocycles. The van der Waals surface area contributed by atoms with E-state index in [1.807, 2.05) is 0 Å². The second kappa shape index (κ2) is 8.03. The van der Waals surface area contributed by atoms with Gasteiger partial charge in [-0.25, -0.2) is 4.98 Å². The van der Waals surface area contributed by atoms with Crippen LogP contribution in [-0.2, 0) is 12.7 Å². The van der Waals surface area contributed by atoms with Crippen molar-refractivity contribution in [2.24, 2.45) is 0 Å². The number of amides is 2. The zero-order valence-electron chi connectivity index (χ0n) is 14.3. The smallest absolute Gasteiger partial charge is 0.416 e. The zero-order chi connectivity index (χ0) is 19.3. The van der Waals surface area contributed by atoms with Crippen molar-refractivity contribution in [2.75, 3.05) is 13.1 Å². The Bertz CT molecular complexity index is 787. The summed E-state index contributed by atoms with van der Waals surface area (Å²) >= 11 is 0. The van der Waals surface area contributed by atoms with Crippen LogP contribution in [-0.4, -0.2) is 34.8 Å². The van der Waals surface area contributed by atoms with E-state index in [0.717, 1.165) is 12.1 Å². The lowest BCUT2D eigenvalue weighted by Crippen LogP contribution is -2.30. The van der Waals surface area contributed by atoms with Crippen molar-refractivity contribution in [2.45, 2.75) is 26.6 Å². The molecule has 0 fully saturated rings. The standard InChI is InChI=1S/C17H18F3N3O3/c1-3-21-15(24)13-10-26-14(22-13)9-23(4-2)16(25)11-6-5-7-12(8-11)17(18,19)20/h5-8,10H,3-4,9H2,1-2H3,(H,21,24). The lowest BCUT2D eigenvalue weighted by molar-refractivity contribution is -0.137. The van der Waals surface area contributed by atoms with Crippen molar-refractivity contribution < 1.29 is 27.2 Å². The number of halogens is 3. The van der Waals surface area contributed by atoms with E-state index in [9.17, 15) is 22.8 Å². The highest BCUT2D eigenvalue weighted by Crippen LogP contribution is 2.29. The number of carbonyl (C=O) groups is 2. The molecule has 1 N–H and O–H groups in total. The summed E-state index contributed by atoms with van der Waals surface area (Å²) in [6.07, 6.45) is -3.36. The molecule has 0 radical (unpaired) electrons. The summed E-state index contributed by atoms with van der Waals surface area (Å²) in [5.74, 6) is -0.875. The van der Waals surface area contributed by atoms with Gasteiger partial charge in [0.25, 0.3) is 11.8 Å². The fourth-order valence-electron chi connectivity index (χ4n) is 2.24. The molecule has 0 saturated carbocycles. The zero-order valence-corrected chi connectivity index (χ0v) is 14.3. The van der Waals surface area contributed by atoms with Crippen LogP contribution in [0.25, 0.3) is 0 Å². The highest BCUT2D eigenvalue weighted by Gasteiger charge is 2.31. The summed E-state index contributed by atoms with van der Waals surface area (Å²) in [5, 5.41) is 2.56. The van der Waals surface area contributed by atoms with Crippen LogP contribution in [0.5, 0.6) is 0 Å². The van der Waals surface area contributed by atoms with Gasteiger partial charge in [-0.3, -0.25) is 9.59 Å². The predicted molar refractivity (Wildman–Crippen MR) is 86.4 cm³/mol. The number of aromatic nitrogens is 1. The monoisotopic (exact) mass is 369 g/mol. The van der Waals surface area contributed by atoms with Crippen molar-refractivity contribution in [1.82, 2.24) is 15.2 Å². The van der Waals surface area contributed by atoms with E-state index >= 15 is 0 Å². The van der Waals surface area contributed by atoms with Gasteiger partial charge >= 0.3 is 6.18 Å². The molecule has 1 heterocycles. The van der Waals surface area contributed by atoms with Gasteiger partial charge in [0.05, 0.1) is 12.1 Å². The van der Waals surface area contributed by atoms with E-state index in [-0.39, 0.29) is 30.2 Å². The molecule has 0 aliphatic heterocycles. The van der Waals surface area contributed by atoms with Crippen LogP contribution in [0.4, 0.5) is 13.2 Å². The molecule has 140 valence electrons. The second-order valence-corrected chi connectivity index (χ2v) is 5.38. The van der Waals surface area contributed by atoms with Gasteiger partial charge in [-0.05, 0) is 32.0 Å². The topological polar surface area (TPSA) is 75.4 Å². The maximum Gasteiger partial charge on any atom is 0.416 e. The highest BCUT2D eigenvalue weighted by atomic mass is 19.4. The summed E-state index contributed by atoms with van der Waals surface area (Å²) < 4.78 is 43.6. The Kier molecular flexibility index (Phi) is 6.01. The lowest BCUT2D eigenvalue weighted by atomic mass is 10.1. The minimum absolute atomic E-state index is 0.0645. The molecule has 6 nitrogen and oxygen atoms in total. The average Bonchev–Trinajstić information content (AvgIpc) is 3.07. The third-order valence-electron chi connectivity index (χ3n) is 3.55. The molecule has 2 amide bonds. The minimum Gasteiger partial charge on any atom is -0.446 e. The summed E-state index contributed by atoms with van der Waals surface area (Å²) in [4.78, 5) is 29.5. The van der Waals surface area contributed by atoms with Crippen molar-refractivity contribution in [3.05, 3.63) is 53.2 Å². The first-order valence-electron chi connectivity index (χ1n) is 7.95. The first kappa shape index (κ1) is 19.5. The van der Waals surface area contributed by atoms with Gasteiger partial charge in [0, 0.05) is 18.7 Å². The van der Waals surface area contributed by atoms with Gasteiger partial charge in [-0.1, -0.05) is 6.07 Å². The first-order valence-corrected chi connectivity index (χ1v) is 7.95. The number of carbonyl (C=O) groups excluding carboxylic acids is 2. The van der Waals surface area contributed by atoms with Crippen molar-refractivity contribution >= 4 is 11.8 Å². The summed E-state index contributed by atoms with van der Waals surface area (Å²) in [6, 6.07) is 4.21. The molecule has 9 heteroatoms. The first-order chi connectivity index (χ1) is 12.3. The van der Waals surface area contributed by atoms with Crippen LogP contribution in [0.2, 0.25) is 0 Å². The van der Waals surface area contributed by atoms with Crippen LogP contribution in [0, 0.1) is 0 Å². The Labute approximate surface area is 148 Å². The van der Waals surface area contributed by atoms with E-state index in [1.165, 1.54) is 23.3 Å². The van der Waals surface area contributed by atoms with E-state index in [2.05, 4.69) is 10.3 Å². The number of alkyl halides is 3. The maximum absolute atomic E-state index is 12.8. The van der Waals surface area contributed by atoms with E-state index in [0.29, 0.717) is 6.54 Å². The van der Waals surface area contributed by atoms with Gasteiger partial charge in [0.1, 0.15) is 6.26 Å². The summed E-state index contributed by atoms with van der Waals surface area (Å²) in [6.45, 7) is 4.03. The number of benzene rings is 1. The molecule has 2 rings (SSSR count). The number of hydrogen-bond acceptors (Lipinski definition) is 4. The van der Waals surface area contributed by atoms with Crippen LogP contribution >= 0.6 is 0 Å². The molecule has 26 heavy (non-hydrogen) atoms. The minimum atomic E-state index is -4.53. The average molecular weight is 369 g/mol. The molecule has 0 aliphatic carbocycles. The highest BCUT2D eigenvalue weighted by molar-refractivity contribution is 5.94. The summed E-state index contributed by atoms with van der Waals surface area (Å²) in [7, 11) is 0. The van der Waals surface area contributed by atoms with Gasteiger partial charge < -0.3 is 14.6 Å². The van der Waals surface area contributed by atoms with Crippen molar-refractivity contribution in [1.29, 1.82) is 0 Å². The number of rotatable bonds is 6. The third-order valence-corrected chi connectivity index (χ3v) is 3.55. The van der Waals surface area contributed by atoms with Gasteiger partial charge in [0.2, 0.25) is 5.89 Å². The molecular formula is C17H18F3N3O3. The largest absolute Gasteiger partial charge is 0.446 e. The second-order valence-electron chi connectivity index (χ2n) is 5.38. The molecule has 2 aromatic rings. The number of nitrogens with zero attached hydrogens (tertiary/aromatic N) is 2. The molecule has 0 bridgehead atoms. The van der Waals surface area contributed by atoms with Gasteiger partial charge in [-0.2, -0.15) is 13.2 Å². The number of hydrogen-bond donors (Lipinski definition) is 1. The Morgan fingerprint density at radius 1 is 1.27 bits per heavy atom. The number of nitrogens with one attached hydrogen (secondary N) is 1. The van der Waals surface area contributed by atoms with Crippen molar-refractivity contribution in [3.63, 3.8) is 0 Å². The molecule has 1 aromatic carbocycles. The quantitative estimate of drug-likeness (QED) is 0.849. The molecule has 0 spiro atoms. The van der Waals surface area contributed by atoms with Crippen LogP contribution in [0.3, 0.4) is 0 Å². The maximum atomic E-state index is 12.8. The van der Waals surface area contributed by atoms with E-state index in [1.54, 1.807) is 13.8 Å². The van der Waals surface area contributed by atoms with Crippen LogP contribution in [0.15, 0.2) is 34.9 Å². The lowest BCUT2D eigenvalue weighted by Gasteiger charge is -2.19. The summed E-state index contributed by atoms with van der Waals surface area (Å²) in [5.41, 5.74) is -0.907. The van der Waals surface area contributed by atoms with Gasteiger partial charge in [-0.15, -0.1) is 0 Å². The predicted octanol–water partition coefficient (Wildman–Crippen LogP) is 3.11. The third kappa shape index (κ3) is 4.62. The Morgan fingerprint density at radius 3 is 2.62 bits per heavy atom. The fourth-order valence-corrected chi connectivity index (χ4v) is 2.24. The van der Waals surface area contributed by atoms with E-state index in [4.69, 9.17) is 4.42 Å². The molecule has 1 aromatic heterocycles. The van der Waals surface area contributed by atoms with Crippen LogP contribution in [0.1, 0.15) is 46.1 Å². The fraction of sp³-hybridized carbons (Fsp3) is 0.353. The normalized spacial score (nSPS) is 11.3. The van der Waals surface area contributed by atoms with Gasteiger partial charge in [0.15, 0.2) is 5.69 Å². The molecule has 0 unspecified atom stereocenters. The Hall–Kier alpha value is -2.84. The molecule has 0 aliphatic rings. The SMILES string of the molecule is CCNC(=O)c1coc(CN(CC)C(=O)c2cccc(C(F)(F)F)c2)n1. The van der Waals surface area contributed by atoms with Crippen LogP contribution < -0.4 is 5.32 Å². The number of oxazole rings is 1. The Morgan fingerprint density at radius 2 is 2.00 bits per heavy atom. The molecular weight excluding hydrogens is 351 g/mol. The van der Waals surface area contributed by atoms with E-state index < -0.39 is 23.6 Å².